The maximum Gasteiger partial charge on any atom is 0.250 e. The zero-order chi connectivity index (χ0) is 15.9. The summed E-state index contributed by atoms with van der Waals surface area (Å²) in [6.45, 7) is 7.57. The van der Waals surface area contributed by atoms with Crippen LogP contribution in [0.25, 0.3) is 0 Å². The number of aromatic nitrogens is 1. The Labute approximate surface area is 131 Å². The Hall–Kier alpha value is -1.62. The summed E-state index contributed by atoms with van der Waals surface area (Å²) in [5, 5.41) is 0. The summed E-state index contributed by atoms with van der Waals surface area (Å²) in [6, 6.07) is 5.18. The van der Waals surface area contributed by atoms with Gasteiger partial charge in [0.15, 0.2) is 0 Å². The molecular formula is C17H26N2O3. The van der Waals surface area contributed by atoms with Gasteiger partial charge in [-0.1, -0.05) is 13.0 Å². The molecule has 0 aromatic carbocycles. The van der Waals surface area contributed by atoms with Crippen LogP contribution in [0.5, 0.6) is 0 Å². The van der Waals surface area contributed by atoms with Gasteiger partial charge < -0.3 is 14.2 Å². The fourth-order valence-electron chi connectivity index (χ4n) is 2.87. The van der Waals surface area contributed by atoms with E-state index in [1.54, 1.807) is 10.6 Å². The maximum absolute atomic E-state index is 12.3. The predicted octanol–water partition coefficient (Wildman–Crippen LogP) is 1.82. The van der Waals surface area contributed by atoms with Gasteiger partial charge in [0.1, 0.15) is 0 Å². The number of likely N-dealkylation sites (tertiary alicyclic amines) is 1. The first kappa shape index (κ1) is 16.7. The third kappa shape index (κ3) is 4.44. The summed E-state index contributed by atoms with van der Waals surface area (Å²) in [7, 11) is 0. The van der Waals surface area contributed by atoms with E-state index in [-0.39, 0.29) is 11.5 Å². The van der Waals surface area contributed by atoms with Gasteiger partial charge in [0.2, 0.25) is 5.91 Å². The standard InChI is InChI=1S/C17H26N2O3/c1-3-11-22-13-15-7-9-18(12-15)16(20)8-10-19-14(2)5-4-6-17(19)21/h4-6,15H,3,7-13H2,1-2H3/t15-/m1/s1. The van der Waals surface area contributed by atoms with Crippen molar-refractivity contribution in [3.8, 4) is 0 Å². The molecule has 0 aliphatic carbocycles. The molecule has 0 radical (unpaired) electrons. The van der Waals surface area contributed by atoms with Crippen LogP contribution in [0.3, 0.4) is 0 Å². The molecule has 0 spiro atoms. The molecule has 1 aromatic heterocycles. The molecule has 1 atom stereocenters. The number of amides is 1. The van der Waals surface area contributed by atoms with E-state index in [0.29, 0.717) is 18.9 Å². The fourth-order valence-corrected chi connectivity index (χ4v) is 2.87. The van der Waals surface area contributed by atoms with Crippen LogP contribution in [0.2, 0.25) is 0 Å². The molecular weight excluding hydrogens is 280 g/mol. The number of carbonyl (C=O) groups excluding carboxylic acids is 1. The predicted molar refractivity (Wildman–Crippen MR) is 85.9 cm³/mol. The molecule has 1 fully saturated rings. The lowest BCUT2D eigenvalue weighted by molar-refractivity contribution is -0.130. The first-order valence-corrected chi connectivity index (χ1v) is 8.13. The largest absolute Gasteiger partial charge is 0.381 e. The SMILES string of the molecule is CCCOC[C@@H]1CCN(C(=O)CCn2c(C)cccc2=O)C1. The highest BCUT2D eigenvalue weighted by atomic mass is 16.5. The number of carbonyl (C=O) groups is 1. The van der Waals surface area contributed by atoms with Crippen LogP contribution in [0, 0.1) is 12.8 Å². The van der Waals surface area contributed by atoms with E-state index >= 15 is 0 Å². The molecule has 1 amide bonds. The molecule has 0 saturated carbocycles. The lowest BCUT2D eigenvalue weighted by Gasteiger charge is -2.17. The molecule has 22 heavy (non-hydrogen) atoms. The highest BCUT2D eigenvalue weighted by molar-refractivity contribution is 5.76. The van der Waals surface area contributed by atoms with Gasteiger partial charge in [-0.05, 0) is 25.8 Å². The van der Waals surface area contributed by atoms with E-state index in [1.165, 1.54) is 6.07 Å². The summed E-state index contributed by atoms with van der Waals surface area (Å²) in [5.41, 5.74) is 0.854. The fraction of sp³-hybridized carbons (Fsp3) is 0.647. The number of hydrogen-bond donors (Lipinski definition) is 0. The minimum Gasteiger partial charge on any atom is -0.381 e. The molecule has 122 valence electrons. The quantitative estimate of drug-likeness (QED) is 0.722. The number of ether oxygens (including phenoxy) is 1. The van der Waals surface area contributed by atoms with E-state index in [2.05, 4.69) is 6.92 Å². The van der Waals surface area contributed by atoms with Gasteiger partial charge in [-0.2, -0.15) is 0 Å². The van der Waals surface area contributed by atoms with E-state index in [4.69, 9.17) is 4.74 Å². The van der Waals surface area contributed by atoms with E-state index in [9.17, 15) is 9.59 Å². The average Bonchev–Trinajstić information content (AvgIpc) is 2.96. The van der Waals surface area contributed by atoms with E-state index < -0.39 is 0 Å². The molecule has 5 heteroatoms. The Morgan fingerprint density at radius 1 is 1.41 bits per heavy atom. The Morgan fingerprint density at radius 3 is 2.95 bits per heavy atom. The van der Waals surface area contributed by atoms with Gasteiger partial charge in [-0.3, -0.25) is 9.59 Å². The van der Waals surface area contributed by atoms with Crippen molar-refractivity contribution < 1.29 is 9.53 Å². The third-order valence-corrected chi connectivity index (χ3v) is 4.16. The number of nitrogens with zero attached hydrogens (tertiary/aromatic N) is 2. The number of aryl methyl sites for hydroxylation is 1. The monoisotopic (exact) mass is 306 g/mol. The van der Waals surface area contributed by atoms with E-state index in [1.807, 2.05) is 17.9 Å². The highest BCUT2D eigenvalue weighted by Crippen LogP contribution is 2.17. The van der Waals surface area contributed by atoms with Crippen molar-refractivity contribution in [3.63, 3.8) is 0 Å². The molecule has 0 unspecified atom stereocenters. The molecule has 1 aliphatic rings. The summed E-state index contributed by atoms with van der Waals surface area (Å²) in [5.74, 6) is 0.588. The molecule has 2 heterocycles. The van der Waals surface area contributed by atoms with Crippen LogP contribution >= 0.6 is 0 Å². The second-order valence-corrected chi connectivity index (χ2v) is 5.98. The minimum absolute atomic E-state index is 0.0416. The average molecular weight is 306 g/mol. The molecule has 5 nitrogen and oxygen atoms in total. The zero-order valence-electron chi connectivity index (χ0n) is 13.6. The highest BCUT2D eigenvalue weighted by Gasteiger charge is 2.26. The van der Waals surface area contributed by atoms with Crippen molar-refractivity contribution in [2.24, 2.45) is 5.92 Å². The van der Waals surface area contributed by atoms with Crippen LogP contribution < -0.4 is 5.56 Å². The Bertz CT molecular complexity index is 553. The van der Waals surface area contributed by atoms with Crippen molar-refractivity contribution in [1.29, 1.82) is 0 Å². The van der Waals surface area contributed by atoms with Gasteiger partial charge in [0.05, 0.1) is 6.61 Å². The Morgan fingerprint density at radius 2 is 2.23 bits per heavy atom. The van der Waals surface area contributed by atoms with E-state index in [0.717, 1.165) is 44.8 Å². The first-order chi connectivity index (χ1) is 10.6. The lowest BCUT2D eigenvalue weighted by Crippen LogP contribution is -2.31. The number of pyridine rings is 1. The molecule has 0 bridgehead atoms. The first-order valence-electron chi connectivity index (χ1n) is 8.13. The van der Waals surface area contributed by atoms with Crippen molar-refractivity contribution >= 4 is 5.91 Å². The van der Waals surface area contributed by atoms with Crippen molar-refractivity contribution in [2.75, 3.05) is 26.3 Å². The van der Waals surface area contributed by atoms with Gasteiger partial charge in [-0.15, -0.1) is 0 Å². The summed E-state index contributed by atoms with van der Waals surface area (Å²) in [4.78, 5) is 26.0. The maximum atomic E-state index is 12.3. The van der Waals surface area contributed by atoms with Crippen molar-refractivity contribution in [1.82, 2.24) is 9.47 Å². The molecule has 0 N–H and O–H groups in total. The van der Waals surface area contributed by atoms with Gasteiger partial charge in [-0.25, -0.2) is 0 Å². The molecule has 2 rings (SSSR count). The van der Waals surface area contributed by atoms with Gasteiger partial charge >= 0.3 is 0 Å². The van der Waals surface area contributed by atoms with Crippen molar-refractivity contribution in [2.45, 2.75) is 39.7 Å². The Balaban J connectivity index is 1.80. The van der Waals surface area contributed by atoms with Crippen LogP contribution in [-0.4, -0.2) is 41.7 Å². The minimum atomic E-state index is -0.0416. The summed E-state index contributed by atoms with van der Waals surface area (Å²) < 4.78 is 7.23. The normalized spacial score (nSPS) is 17.9. The lowest BCUT2D eigenvalue weighted by atomic mass is 10.1. The topological polar surface area (TPSA) is 51.5 Å². The van der Waals surface area contributed by atoms with Gasteiger partial charge in [0.25, 0.3) is 5.56 Å². The second kappa shape index (κ2) is 8.13. The number of rotatable bonds is 7. The van der Waals surface area contributed by atoms with Crippen LogP contribution in [0.4, 0.5) is 0 Å². The Kier molecular flexibility index (Phi) is 6.19. The summed E-state index contributed by atoms with van der Waals surface area (Å²) in [6.07, 6.45) is 2.42. The molecule has 1 aromatic rings. The molecule has 1 saturated heterocycles. The van der Waals surface area contributed by atoms with Crippen LogP contribution in [0.1, 0.15) is 31.9 Å². The third-order valence-electron chi connectivity index (χ3n) is 4.16. The number of hydrogen-bond acceptors (Lipinski definition) is 3. The smallest absolute Gasteiger partial charge is 0.250 e. The van der Waals surface area contributed by atoms with Gasteiger partial charge in [0, 0.05) is 50.3 Å². The van der Waals surface area contributed by atoms with Crippen molar-refractivity contribution in [3.05, 3.63) is 34.2 Å². The molecule has 1 aliphatic heterocycles. The van der Waals surface area contributed by atoms with Crippen LogP contribution in [0.15, 0.2) is 23.0 Å². The summed E-state index contributed by atoms with van der Waals surface area (Å²) >= 11 is 0. The van der Waals surface area contributed by atoms with Crippen LogP contribution in [-0.2, 0) is 16.1 Å². The second-order valence-electron chi connectivity index (χ2n) is 5.98. The zero-order valence-corrected chi connectivity index (χ0v) is 13.6.